The van der Waals surface area contributed by atoms with Gasteiger partial charge in [-0.25, -0.2) is 13.6 Å². The van der Waals surface area contributed by atoms with E-state index < -0.39 is 41.2 Å². The molecule has 0 radical (unpaired) electrons. The van der Waals surface area contributed by atoms with Crippen LogP contribution in [0.4, 0.5) is 27.6 Å². The third kappa shape index (κ3) is 6.80. The fourth-order valence-corrected chi connectivity index (χ4v) is 5.79. The Hall–Kier alpha value is -4.03. The van der Waals surface area contributed by atoms with Crippen molar-refractivity contribution in [3.8, 4) is 5.75 Å². The van der Waals surface area contributed by atoms with Gasteiger partial charge in [0, 0.05) is 38.0 Å². The number of nitrogens with zero attached hydrogens (tertiary/aromatic N) is 1. The molecule has 1 N–H and O–H groups in total. The monoisotopic (exact) mass is 604 g/mol. The van der Waals surface area contributed by atoms with Crippen molar-refractivity contribution in [1.29, 1.82) is 0 Å². The number of carbonyl (C=O) groups excluding carboxylic acids is 2. The van der Waals surface area contributed by atoms with Crippen molar-refractivity contribution in [1.82, 2.24) is 4.90 Å². The molecule has 3 aromatic carbocycles. The topological polar surface area (TPSA) is 77.1 Å². The molecule has 0 aliphatic carbocycles. The third-order valence-corrected chi connectivity index (χ3v) is 7.83. The van der Waals surface area contributed by atoms with Crippen molar-refractivity contribution >= 4 is 17.4 Å². The van der Waals surface area contributed by atoms with Gasteiger partial charge in [0.15, 0.2) is 17.4 Å². The first-order valence-corrected chi connectivity index (χ1v) is 13.6. The Morgan fingerprint density at radius 1 is 0.977 bits per heavy atom. The highest BCUT2D eigenvalue weighted by atomic mass is 19.4. The van der Waals surface area contributed by atoms with Gasteiger partial charge in [-0.15, -0.1) is 13.2 Å². The van der Waals surface area contributed by atoms with Crippen LogP contribution in [-0.2, 0) is 16.0 Å². The van der Waals surface area contributed by atoms with Crippen molar-refractivity contribution in [3.05, 3.63) is 94.6 Å². The summed E-state index contributed by atoms with van der Waals surface area (Å²) in [5.74, 6) is -3.85. The lowest BCUT2D eigenvalue weighted by Crippen LogP contribution is -2.56. The van der Waals surface area contributed by atoms with E-state index >= 15 is 0 Å². The lowest BCUT2D eigenvalue weighted by Gasteiger charge is -2.50. The highest BCUT2D eigenvalue weighted by Crippen LogP contribution is 2.47. The van der Waals surface area contributed by atoms with Gasteiger partial charge in [-0.1, -0.05) is 18.2 Å². The molecule has 2 aliphatic heterocycles. The van der Waals surface area contributed by atoms with Crippen LogP contribution in [0.25, 0.3) is 0 Å². The second-order valence-electron chi connectivity index (χ2n) is 10.6. The molecule has 1 fully saturated rings. The Balaban J connectivity index is 1.44. The molecule has 7 nitrogen and oxygen atoms in total. The van der Waals surface area contributed by atoms with Crippen LogP contribution in [0.2, 0.25) is 0 Å². The molecule has 0 amide bonds. The van der Waals surface area contributed by atoms with Crippen molar-refractivity contribution in [3.63, 3.8) is 0 Å². The van der Waals surface area contributed by atoms with E-state index in [4.69, 9.17) is 9.47 Å². The minimum Gasteiger partial charge on any atom is -0.460 e. The highest BCUT2D eigenvalue weighted by molar-refractivity contribution is 6.09. The van der Waals surface area contributed by atoms with Crippen LogP contribution >= 0.6 is 0 Å². The Kier molecular flexibility index (Phi) is 8.70. The number of fused-ring (bicyclic) bond motifs is 1. The van der Waals surface area contributed by atoms with Gasteiger partial charge in [0.2, 0.25) is 0 Å². The van der Waals surface area contributed by atoms with Crippen LogP contribution in [-0.4, -0.2) is 62.0 Å². The zero-order valence-electron chi connectivity index (χ0n) is 23.2. The number of esters is 1. The highest BCUT2D eigenvalue weighted by Gasteiger charge is 2.49. The SMILES string of the molecule is COCCOC(=O)c1ccc2c(c1)NC1(CCN(Cc3ccc(F)c(F)c3)CC1)C(c1ccc(OC(F)(F)F)cc1)C2=O. The van der Waals surface area contributed by atoms with E-state index in [0.29, 0.717) is 54.9 Å². The van der Waals surface area contributed by atoms with Crippen molar-refractivity contribution < 1.29 is 45.8 Å². The summed E-state index contributed by atoms with van der Waals surface area (Å²) in [6.45, 7) is 1.63. The molecule has 2 heterocycles. The van der Waals surface area contributed by atoms with E-state index in [9.17, 15) is 31.5 Å². The molecule has 2 aliphatic rings. The summed E-state index contributed by atoms with van der Waals surface area (Å²) in [7, 11) is 1.48. The number of piperidine rings is 1. The number of rotatable bonds is 8. The molecule has 1 spiro atoms. The first-order chi connectivity index (χ1) is 20.5. The summed E-state index contributed by atoms with van der Waals surface area (Å²) in [6, 6.07) is 13.6. The summed E-state index contributed by atoms with van der Waals surface area (Å²) in [6.07, 6.45) is -3.97. The maximum atomic E-state index is 14.1. The first kappa shape index (κ1) is 30.4. The van der Waals surface area contributed by atoms with Crippen LogP contribution < -0.4 is 10.1 Å². The molecule has 1 saturated heterocycles. The Morgan fingerprint density at radius 3 is 2.35 bits per heavy atom. The average Bonchev–Trinajstić information content (AvgIpc) is 2.96. The minimum absolute atomic E-state index is 0.0621. The average molecular weight is 605 g/mol. The van der Waals surface area contributed by atoms with Gasteiger partial charge in [0.05, 0.1) is 23.6 Å². The van der Waals surface area contributed by atoms with Crippen LogP contribution in [0.3, 0.4) is 0 Å². The fraction of sp³-hybridized carbons (Fsp3) is 0.355. The molecule has 5 rings (SSSR count). The third-order valence-electron chi connectivity index (χ3n) is 7.83. The predicted molar refractivity (Wildman–Crippen MR) is 146 cm³/mol. The first-order valence-electron chi connectivity index (χ1n) is 13.6. The van der Waals surface area contributed by atoms with Crippen LogP contribution in [0.5, 0.6) is 5.75 Å². The number of ketones is 1. The van der Waals surface area contributed by atoms with E-state index in [1.54, 1.807) is 6.07 Å². The molecular weight excluding hydrogens is 575 g/mol. The predicted octanol–water partition coefficient (Wildman–Crippen LogP) is 6.09. The van der Waals surface area contributed by atoms with Gasteiger partial charge >= 0.3 is 12.3 Å². The molecule has 1 atom stereocenters. The van der Waals surface area contributed by atoms with E-state index in [1.807, 2.05) is 0 Å². The van der Waals surface area contributed by atoms with E-state index in [-0.39, 0.29) is 24.6 Å². The van der Waals surface area contributed by atoms with Gasteiger partial charge in [0.25, 0.3) is 0 Å². The van der Waals surface area contributed by atoms with Crippen molar-refractivity contribution in [2.45, 2.75) is 37.2 Å². The molecular formula is C31H29F5N2O5. The van der Waals surface area contributed by atoms with Crippen molar-refractivity contribution in [2.75, 3.05) is 38.7 Å². The summed E-state index contributed by atoms with van der Waals surface area (Å²) in [5.41, 5.74) is 1.29. The number of anilines is 1. The maximum Gasteiger partial charge on any atom is 0.573 e. The number of carbonyl (C=O) groups is 2. The molecule has 43 heavy (non-hydrogen) atoms. The summed E-state index contributed by atoms with van der Waals surface area (Å²) in [5, 5.41) is 3.51. The number of alkyl halides is 3. The van der Waals surface area contributed by atoms with E-state index in [2.05, 4.69) is 15.0 Å². The Morgan fingerprint density at radius 2 is 1.70 bits per heavy atom. The second-order valence-corrected chi connectivity index (χ2v) is 10.6. The summed E-state index contributed by atoms with van der Waals surface area (Å²) >= 11 is 0. The summed E-state index contributed by atoms with van der Waals surface area (Å²) < 4.78 is 79.6. The standard InChI is InChI=1S/C31H29F5N2O5/c1-41-14-15-42-29(40)21-5-8-23-26(17-21)37-30(10-12-38(13-11-30)18-19-2-9-24(32)25(33)16-19)27(28(23)39)20-3-6-22(7-4-20)43-31(34,35)36/h2-9,16-17,27,37H,10-15,18H2,1H3. The molecule has 1 unspecified atom stereocenters. The molecule has 12 heteroatoms. The number of benzene rings is 3. The number of Topliss-reactive ketones (excluding diaryl/α,β-unsaturated/α-hetero) is 1. The van der Waals surface area contributed by atoms with Gasteiger partial charge < -0.3 is 19.5 Å². The normalized spacial score (nSPS) is 18.2. The number of halogens is 5. The zero-order valence-corrected chi connectivity index (χ0v) is 23.2. The lowest BCUT2D eigenvalue weighted by atomic mass is 9.67. The Bertz CT molecular complexity index is 1490. The lowest BCUT2D eigenvalue weighted by molar-refractivity contribution is -0.274. The number of hydrogen-bond donors (Lipinski definition) is 1. The number of likely N-dealkylation sites (tertiary alicyclic amines) is 1. The second kappa shape index (κ2) is 12.3. The van der Waals surface area contributed by atoms with Crippen LogP contribution in [0.1, 0.15) is 50.6 Å². The Labute approximate surface area is 244 Å². The quantitative estimate of drug-likeness (QED) is 0.189. The smallest absolute Gasteiger partial charge is 0.460 e. The van der Waals surface area contributed by atoms with Crippen LogP contribution in [0.15, 0.2) is 60.7 Å². The van der Waals surface area contributed by atoms with E-state index in [1.165, 1.54) is 49.6 Å². The number of ether oxygens (including phenoxy) is 3. The zero-order chi connectivity index (χ0) is 30.8. The number of methoxy groups -OCH3 is 1. The molecule has 0 bridgehead atoms. The summed E-state index contributed by atoms with van der Waals surface area (Å²) in [4.78, 5) is 28.7. The van der Waals surface area contributed by atoms with Gasteiger partial charge in [-0.3, -0.25) is 9.69 Å². The maximum absolute atomic E-state index is 14.1. The fourth-order valence-electron chi connectivity index (χ4n) is 5.79. The number of hydrogen-bond acceptors (Lipinski definition) is 7. The largest absolute Gasteiger partial charge is 0.573 e. The molecule has 0 saturated carbocycles. The van der Waals surface area contributed by atoms with Gasteiger partial charge in [-0.05, 0) is 66.4 Å². The van der Waals surface area contributed by atoms with Crippen molar-refractivity contribution in [2.24, 2.45) is 0 Å². The van der Waals surface area contributed by atoms with Gasteiger partial charge in [-0.2, -0.15) is 0 Å². The van der Waals surface area contributed by atoms with Crippen LogP contribution in [0, 0.1) is 11.6 Å². The minimum atomic E-state index is -4.85. The molecule has 228 valence electrons. The van der Waals surface area contributed by atoms with Gasteiger partial charge in [0.1, 0.15) is 12.4 Å². The molecule has 0 aromatic heterocycles. The van der Waals surface area contributed by atoms with E-state index in [0.717, 1.165) is 12.1 Å². The molecule has 3 aromatic rings. The number of nitrogens with one attached hydrogen (secondary N) is 1.